The number of rotatable bonds is 9. The van der Waals surface area contributed by atoms with E-state index >= 15 is 0 Å². The molecule has 25 heavy (non-hydrogen) atoms. The zero-order valence-electron chi connectivity index (χ0n) is 13.9. The molecular formula is C19H19NO5. The molecule has 0 aliphatic rings. The number of carbonyl (C=O) groups excluding carboxylic acids is 2. The highest BCUT2D eigenvalue weighted by Gasteiger charge is 2.23. The number of Topliss-reactive ketones (excluding diaryl/α,β-unsaturated/α-hetero) is 2. The van der Waals surface area contributed by atoms with E-state index in [-0.39, 0.29) is 31.0 Å². The van der Waals surface area contributed by atoms with Gasteiger partial charge < -0.3 is 4.74 Å². The SMILES string of the molecule is COc1ccc([C@@H](CC(=O)CC(=O)c2ccccc2)C[N+](=O)[O-])cc1. The van der Waals surface area contributed by atoms with Gasteiger partial charge in [0.1, 0.15) is 11.5 Å². The largest absolute Gasteiger partial charge is 0.497 e. The number of nitrogens with zero attached hydrogens (tertiary/aromatic N) is 1. The molecule has 0 unspecified atom stereocenters. The zero-order valence-corrected chi connectivity index (χ0v) is 13.9. The number of hydrogen-bond acceptors (Lipinski definition) is 5. The number of methoxy groups -OCH3 is 1. The number of ether oxygens (including phenoxy) is 1. The lowest BCUT2D eigenvalue weighted by Crippen LogP contribution is -2.18. The van der Waals surface area contributed by atoms with Crippen molar-refractivity contribution in [2.24, 2.45) is 0 Å². The van der Waals surface area contributed by atoms with E-state index in [2.05, 4.69) is 0 Å². The van der Waals surface area contributed by atoms with Crippen LogP contribution in [-0.2, 0) is 4.79 Å². The summed E-state index contributed by atoms with van der Waals surface area (Å²) in [7, 11) is 1.53. The van der Waals surface area contributed by atoms with Gasteiger partial charge in [-0.05, 0) is 17.7 Å². The molecule has 6 nitrogen and oxygen atoms in total. The van der Waals surface area contributed by atoms with Crippen LogP contribution in [0.15, 0.2) is 54.6 Å². The summed E-state index contributed by atoms with van der Waals surface area (Å²) in [6, 6.07) is 15.3. The second-order valence-corrected chi connectivity index (χ2v) is 5.69. The van der Waals surface area contributed by atoms with Gasteiger partial charge in [-0.25, -0.2) is 0 Å². The normalized spacial score (nSPS) is 11.6. The minimum Gasteiger partial charge on any atom is -0.497 e. The maximum Gasteiger partial charge on any atom is 0.211 e. The molecule has 130 valence electrons. The predicted molar refractivity (Wildman–Crippen MR) is 92.6 cm³/mol. The van der Waals surface area contributed by atoms with Crippen LogP contribution in [0.25, 0.3) is 0 Å². The van der Waals surface area contributed by atoms with E-state index in [9.17, 15) is 19.7 Å². The summed E-state index contributed by atoms with van der Waals surface area (Å²) in [5, 5.41) is 10.9. The lowest BCUT2D eigenvalue weighted by molar-refractivity contribution is -0.483. The Bertz CT molecular complexity index is 740. The van der Waals surface area contributed by atoms with Crippen molar-refractivity contribution in [3.8, 4) is 5.75 Å². The third-order valence-corrected chi connectivity index (χ3v) is 3.88. The van der Waals surface area contributed by atoms with Crippen molar-refractivity contribution in [3.63, 3.8) is 0 Å². The lowest BCUT2D eigenvalue weighted by atomic mass is 9.91. The smallest absolute Gasteiger partial charge is 0.211 e. The quantitative estimate of drug-likeness (QED) is 0.302. The monoisotopic (exact) mass is 341 g/mol. The van der Waals surface area contributed by atoms with Crippen LogP contribution in [0.5, 0.6) is 5.75 Å². The molecule has 0 heterocycles. The second-order valence-electron chi connectivity index (χ2n) is 5.69. The Labute approximate surface area is 145 Å². The van der Waals surface area contributed by atoms with Crippen molar-refractivity contribution in [3.05, 3.63) is 75.8 Å². The molecule has 0 aromatic heterocycles. The van der Waals surface area contributed by atoms with E-state index in [1.54, 1.807) is 54.6 Å². The van der Waals surface area contributed by atoms with Gasteiger partial charge in [0.2, 0.25) is 6.54 Å². The van der Waals surface area contributed by atoms with E-state index in [4.69, 9.17) is 4.74 Å². The van der Waals surface area contributed by atoms with E-state index in [0.29, 0.717) is 16.9 Å². The molecule has 0 N–H and O–H groups in total. The Hall–Kier alpha value is -3.02. The van der Waals surface area contributed by atoms with Crippen molar-refractivity contribution in [2.45, 2.75) is 18.8 Å². The Kier molecular flexibility index (Phi) is 6.39. The maximum absolute atomic E-state index is 12.2. The predicted octanol–water partition coefficient (Wildman–Crippen LogP) is 3.29. The standard InChI is InChI=1S/C19H19NO5/c1-25-18-9-7-14(8-10-18)16(13-20(23)24)11-17(21)12-19(22)15-5-3-2-4-6-15/h2-10,16H,11-13H2,1H3/t16-/m0/s1. The van der Waals surface area contributed by atoms with Gasteiger partial charge in [-0.15, -0.1) is 0 Å². The van der Waals surface area contributed by atoms with Crippen LogP contribution >= 0.6 is 0 Å². The molecular weight excluding hydrogens is 322 g/mol. The summed E-state index contributed by atoms with van der Waals surface area (Å²) in [6.07, 6.45) is -0.305. The van der Waals surface area contributed by atoms with Gasteiger partial charge in [0.15, 0.2) is 5.78 Å². The maximum atomic E-state index is 12.2. The molecule has 0 spiro atoms. The van der Waals surface area contributed by atoms with E-state index < -0.39 is 10.8 Å². The van der Waals surface area contributed by atoms with Crippen molar-refractivity contribution < 1.29 is 19.2 Å². The highest BCUT2D eigenvalue weighted by Crippen LogP contribution is 2.24. The van der Waals surface area contributed by atoms with Crippen LogP contribution in [0.2, 0.25) is 0 Å². The summed E-state index contributed by atoms with van der Waals surface area (Å²) < 4.78 is 5.07. The van der Waals surface area contributed by atoms with E-state index in [1.165, 1.54) is 7.11 Å². The molecule has 0 aliphatic heterocycles. The molecule has 0 saturated heterocycles. The molecule has 0 amide bonds. The number of ketones is 2. The molecule has 0 bridgehead atoms. The van der Waals surface area contributed by atoms with Crippen LogP contribution in [0.1, 0.15) is 34.7 Å². The Balaban J connectivity index is 2.06. The molecule has 6 heteroatoms. The third kappa shape index (κ3) is 5.53. The first kappa shape index (κ1) is 18.3. The van der Waals surface area contributed by atoms with Gasteiger partial charge in [-0.3, -0.25) is 19.7 Å². The van der Waals surface area contributed by atoms with Crippen LogP contribution in [0.4, 0.5) is 0 Å². The van der Waals surface area contributed by atoms with Crippen molar-refractivity contribution in [1.29, 1.82) is 0 Å². The van der Waals surface area contributed by atoms with Crippen LogP contribution < -0.4 is 4.74 Å². The fourth-order valence-electron chi connectivity index (χ4n) is 2.60. The highest BCUT2D eigenvalue weighted by molar-refractivity contribution is 6.08. The molecule has 2 aromatic carbocycles. The first-order valence-corrected chi connectivity index (χ1v) is 7.85. The molecule has 0 aliphatic carbocycles. The fourth-order valence-corrected chi connectivity index (χ4v) is 2.60. The Morgan fingerprint density at radius 2 is 1.72 bits per heavy atom. The highest BCUT2D eigenvalue weighted by atomic mass is 16.6. The summed E-state index contributed by atoms with van der Waals surface area (Å²) in [5.74, 6) is -0.525. The Morgan fingerprint density at radius 1 is 1.08 bits per heavy atom. The summed E-state index contributed by atoms with van der Waals surface area (Å²) >= 11 is 0. The summed E-state index contributed by atoms with van der Waals surface area (Å²) in [4.78, 5) is 34.8. The number of nitro groups is 1. The first-order valence-electron chi connectivity index (χ1n) is 7.85. The summed E-state index contributed by atoms with van der Waals surface area (Å²) in [5.41, 5.74) is 1.14. The Morgan fingerprint density at radius 3 is 2.28 bits per heavy atom. The minimum absolute atomic E-state index is 0.0497. The van der Waals surface area contributed by atoms with Gasteiger partial charge in [0.05, 0.1) is 19.4 Å². The average Bonchev–Trinajstić information content (AvgIpc) is 2.61. The number of hydrogen-bond donors (Lipinski definition) is 0. The second kappa shape index (κ2) is 8.73. The zero-order chi connectivity index (χ0) is 18.2. The van der Waals surface area contributed by atoms with Crippen molar-refractivity contribution >= 4 is 11.6 Å². The van der Waals surface area contributed by atoms with Gasteiger partial charge in [0.25, 0.3) is 0 Å². The average molecular weight is 341 g/mol. The molecule has 2 rings (SSSR count). The van der Waals surface area contributed by atoms with Crippen LogP contribution in [0.3, 0.4) is 0 Å². The van der Waals surface area contributed by atoms with Crippen molar-refractivity contribution in [2.75, 3.05) is 13.7 Å². The van der Waals surface area contributed by atoms with Crippen molar-refractivity contribution in [1.82, 2.24) is 0 Å². The van der Waals surface area contributed by atoms with Gasteiger partial charge in [-0.2, -0.15) is 0 Å². The molecule has 0 saturated carbocycles. The molecule has 2 aromatic rings. The van der Waals surface area contributed by atoms with Gasteiger partial charge in [0, 0.05) is 16.9 Å². The summed E-state index contributed by atoms with van der Waals surface area (Å²) in [6.45, 7) is -0.363. The number of carbonyl (C=O) groups is 2. The molecule has 0 radical (unpaired) electrons. The van der Waals surface area contributed by atoms with Gasteiger partial charge >= 0.3 is 0 Å². The van der Waals surface area contributed by atoms with Gasteiger partial charge in [-0.1, -0.05) is 42.5 Å². The van der Waals surface area contributed by atoms with E-state index in [0.717, 1.165) is 0 Å². The first-order chi connectivity index (χ1) is 12.0. The third-order valence-electron chi connectivity index (χ3n) is 3.88. The van der Waals surface area contributed by atoms with E-state index in [1.807, 2.05) is 0 Å². The molecule has 0 fully saturated rings. The minimum atomic E-state index is -0.572. The lowest BCUT2D eigenvalue weighted by Gasteiger charge is -2.13. The topological polar surface area (TPSA) is 86.5 Å². The van der Waals surface area contributed by atoms with Crippen LogP contribution in [-0.4, -0.2) is 30.1 Å². The fraction of sp³-hybridized carbons (Fsp3) is 0.263. The number of benzene rings is 2. The molecule has 1 atom stereocenters. The van der Waals surface area contributed by atoms with Crippen LogP contribution in [0, 0.1) is 10.1 Å².